The van der Waals surface area contributed by atoms with Crippen LogP contribution in [0.25, 0.3) is 0 Å². The van der Waals surface area contributed by atoms with Crippen molar-refractivity contribution in [3.05, 3.63) is 16.4 Å². The second kappa shape index (κ2) is 11.1. The first-order valence-corrected chi connectivity index (χ1v) is 9.23. The summed E-state index contributed by atoms with van der Waals surface area (Å²) >= 11 is 13.0. The van der Waals surface area contributed by atoms with Crippen LogP contribution in [0.4, 0.5) is 0 Å². The fourth-order valence-electron chi connectivity index (χ4n) is 1.94. The largest absolute Gasteiger partial charge is 0.465 e. The van der Waals surface area contributed by atoms with E-state index in [4.69, 9.17) is 27.9 Å². The third-order valence-corrected chi connectivity index (χ3v) is 4.50. The fraction of sp³-hybridized carbons (Fsp3) is 0.667. The summed E-state index contributed by atoms with van der Waals surface area (Å²) in [5.74, 6) is -0.234. The molecule has 0 amide bonds. The maximum absolute atomic E-state index is 12.1. The first-order valence-electron chi connectivity index (χ1n) is 7.60. The number of thioether (sulfide) groups is 1. The first kappa shape index (κ1) is 19.5. The molecule has 1 unspecified atom stereocenters. The summed E-state index contributed by atoms with van der Waals surface area (Å²) in [7, 11) is 0. The number of halogens is 2. The molecule has 22 heavy (non-hydrogen) atoms. The number of rotatable bonds is 10. The second-order valence-corrected chi connectivity index (χ2v) is 6.80. The van der Waals surface area contributed by atoms with Crippen molar-refractivity contribution in [2.24, 2.45) is 0 Å². The number of nitrogens with zero attached hydrogens (tertiary/aromatic N) is 2. The lowest BCUT2D eigenvalue weighted by atomic mass is 10.1. The summed E-state index contributed by atoms with van der Waals surface area (Å²) in [6.45, 7) is 4.34. The van der Waals surface area contributed by atoms with Crippen LogP contribution in [0.15, 0.2) is 11.2 Å². The zero-order valence-corrected chi connectivity index (χ0v) is 15.3. The Hall–Kier alpha value is -0.520. The number of carbonyl (C=O) groups excluding carboxylic acids is 1. The van der Waals surface area contributed by atoms with E-state index in [2.05, 4.69) is 16.9 Å². The van der Waals surface area contributed by atoms with Crippen LogP contribution in [-0.4, -0.2) is 27.8 Å². The molecular weight excluding hydrogens is 343 g/mol. The minimum Gasteiger partial charge on any atom is -0.465 e. The van der Waals surface area contributed by atoms with Gasteiger partial charge in [-0.1, -0.05) is 74.0 Å². The summed E-state index contributed by atoms with van der Waals surface area (Å²) in [5, 5.41) is 0.626. The Morgan fingerprint density at radius 1 is 1.18 bits per heavy atom. The molecule has 0 N–H and O–H groups in total. The van der Waals surface area contributed by atoms with Gasteiger partial charge in [0.25, 0.3) is 0 Å². The Morgan fingerprint density at radius 3 is 2.41 bits per heavy atom. The van der Waals surface area contributed by atoms with Crippen LogP contribution in [0.3, 0.4) is 0 Å². The Labute approximate surface area is 146 Å². The Morgan fingerprint density at radius 2 is 1.82 bits per heavy atom. The van der Waals surface area contributed by atoms with E-state index in [1.54, 1.807) is 6.92 Å². The van der Waals surface area contributed by atoms with Crippen LogP contribution < -0.4 is 0 Å². The van der Waals surface area contributed by atoms with Gasteiger partial charge in [-0.05, 0) is 13.3 Å². The van der Waals surface area contributed by atoms with Crippen LogP contribution in [0.2, 0.25) is 10.3 Å². The van der Waals surface area contributed by atoms with Gasteiger partial charge in [0.15, 0.2) is 5.16 Å². The molecule has 0 spiro atoms. The summed E-state index contributed by atoms with van der Waals surface area (Å²) < 4.78 is 5.13. The molecule has 0 saturated carbocycles. The van der Waals surface area contributed by atoms with E-state index in [1.165, 1.54) is 37.1 Å². The summed E-state index contributed by atoms with van der Waals surface area (Å²) in [5.41, 5.74) is 0. The number of ether oxygens (including phenoxy) is 1. The first-order chi connectivity index (χ1) is 10.6. The minimum atomic E-state index is -0.323. The summed E-state index contributed by atoms with van der Waals surface area (Å²) in [6, 6.07) is 1.47. The highest BCUT2D eigenvalue weighted by Crippen LogP contribution is 2.27. The molecule has 0 aliphatic carbocycles. The van der Waals surface area contributed by atoms with E-state index in [1.807, 2.05) is 0 Å². The molecular formula is C15H22Cl2N2O2S. The van der Waals surface area contributed by atoms with Gasteiger partial charge in [-0.15, -0.1) is 0 Å². The molecule has 1 aromatic heterocycles. The van der Waals surface area contributed by atoms with E-state index in [-0.39, 0.29) is 21.5 Å². The van der Waals surface area contributed by atoms with Gasteiger partial charge in [0.2, 0.25) is 0 Å². The Bertz CT molecular complexity index is 455. The minimum absolute atomic E-state index is 0.234. The number of aromatic nitrogens is 2. The van der Waals surface area contributed by atoms with Gasteiger partial charge >= 0.3 is 5.97 Å². The standard InChI is InChI=1S/C15H22Cl2N2O2S/c1-3-5-6-7-8-9-11(14(20)21-4-2)22-15-18-12(16)10-13(17)19-15/h10-11H,3-9H2,1-2H3. The van der Waals surface area contributed by atoms with Gasteiger partial charge in [0.1, 0.15) is 15.6 Å². The van der Waals surface area contributed by atoms with Gasteiger partial charge in [-0.3, -0.25) is 4.79 Å². The average Bonchev–Trinajstić information content (AvgIpc) is 2.45. The van der Waals surface area contributed by atoms with Gasteiger partial charge in [0, 0.05) is 6.07 Å². The number of hydrogen-bond donors (Lipinski definition) is 0. The van der Waals surface area contributed by atoms with E-state index >= 15 is 0 Å². The van der Waals surface area contributed by atoms with Crippen molar-refractivity contribution >= 4 is 40.9 Å². The number of carbonyl (C=O) groups is 1. The molecule has 0 fully saturated rings. The van der Waals surface area contributed by atoms with Crippen LogP contribution in [0, 0.1) is 0 Å². The third kappa shape index (κ3) is 7.65. The smallest absolute Gasteiger partial charge is 0.319 e. The molecule has 1 aromatic rings. The van der Waals surface area contributed by atoms with E-state index < -0.39 is 0 Å². The van der Waals surface area contributed by atoms with Crippen molar-refractivity contribution < 1.29 is 9.53 Å². The van der Waals surface area contributed by atoms with Crippen LogP contribution >= 0.6 is 35.0 Å². The van der Waals surface area contributed by atoms with Crippen LogP contribution in [0.1, 0.15) is 52.4 Å². The summed E-state index contributed by atoms with van der Waals surface area (Å²) in [4.78, 5) is 20.3. The molecule has 0 radical (unpaired) electrons. The van der Waals surface area contributed by atoms with Crippen LogP contribution in [0.5, 0.6) is 0 Å². The predicted octanol–water partition coefficient (Wildman–Crippen LogP) is 5.17. The van der Waals surface area contributed by atoms with Crippen molar-refractivity contribution in [2.45, 2.75) is 62.8 Å². The third-order valence-electron chi connectivity index (χ3n) is 3.01. The van der Waals surface area contributed by atoms with Gasteiger partial charge < -0.3 is 4.74 Å². The predicted molar refractivity (Wildman–Crippen MR) is 91.7 cm³/mol. The maximum Gasteiger partial charge on any atom is 0.319 e. The van der Waals surface area contributed by atoms with Crippen LogP contribution in [-0.2, 0) is 9.53 Å². The van der Waals surface area contributed by atoms with Crippen molar-refractivity contribution in [1.29, 1.82) is 0 Å². The van der Waals surface area contributed by atoms with Crippen molar-refractivity contribution in [3.8, 4) is 0 Å². The van der Waals surface area contributed by atoms with E-state index in [0.717, 1.165) is 19.3 Å². The zero-order chi connectivity index (χ0) is 16.4. The molecule has 0 aromatic carbocycles. The lowest BCUT2D eigenvalue weighted by Crippen LogP contribution is -2.20. The van der Waals surface area contributed by atoms with E-state index in [9.17, 15) is 4.79 Å². The zero-order valence-electron chi connectivity index (χ0n) is 13.0. The molecule has 0 aliphatic heterocycles. The SMILES string of the molecule is CCCCCCCC(Sc1nc(Cl)cc(Cl)n1)C(=O)OCC. The molecule has 124 valence electrons. The fourth-order valence-corrected chi connectivity index (χ4v) is 3.47. The highest BCUT2D eigenvalue weighted by Gasteiger charge is 2.22. The van der Waals surface area contributed by atoms with Gasteiger partial charge in [-0.2, -0.15) is 0 Å². The monoisotopic (exact) mass is 364 g/mol. The number of esters is 1. The molecule has 1 heterocycles. The highest BCUT2D eigenvalue weighted by atomic mass is 35.5. The van der Waals surface area contributed by atoms with Crippen molar-refractivity contribution in [2.75, 3.05) is 6.61 Å². The molecule has 0 aliphatic rings. The van der Waals surface area contributed by atoms with Crippen molar-refractivity contribution in [3.63, 3.8) is 0 Å². The number of hydrogen-bond acceptors (Lipinski definition) is 5. The Kier molecular flexibility index (Phi) is 9.84. The molecule has 0 saturated heterocycles. The maximum atomic E-state index is 12.1. The molecule has 7 heteroatoms. The molecule has 4 nitrogen and oxygen atoms in total. The summed E-state index contributed by atoms with van der Waals surface area (Å²) in [6.07, 6.45) is 6.44. The molecule has 1 atom stereocenters. The number of unbranched alkanes of at least 4 members (excludes halogenated alkanes) is 4. The molecule has 1 rings (SSSR count). The normalized spacial score (nSPS) is 12.2. The van der Waals surface area contributed by atoms with Gasteiger partial charge in [-0.25, -0.2) is 9.97 Å². The Balaban J connectivity index is 2.62. The lowest BCUT2D eigenvalue weighted by molar-refractivity contribution is -0.142. The average molecular weight is 365 g/mol. The quantitative estimate of drug-likeness (QED) is 0.188. The molecule has 0 bridgehead atoms. The topological polar surface area (TPSA) is 52.1 Å². The second-order valence-electron chi connectivity index (χ2n) is 4.86. The van der Waals surface area contributed by atoms with Crippen molar-refractivity contribution in [1.82, 2.24) is 9.97 Å². The highest BCUT2D eigenvalue weighted by molar-refractivity contribution is 8.00. The van der Waals surface area contributed by atoms with Gasteiger partial charge in [0.05, 0.1) is 6.61 Å². The van der Waals surface area contributed by atoms with E-state index in [0.29, 0.717) is 11.8 Å². The lowest BCUT2D eigenvalue weighted by Gasteiger charge is -2.14.